The summed E-state index contributed by atoms with van der Waals surface area (Å²) < 4.78 is 5.29. The molecule has 0 bridgehead atoms. The SMILES string of the molecule is NC1(c2noc(-c3csc(C4CC4)n3)n2)CCC1. The van der Waals surface area contributed by atoms with Crippen molar-refractivity contribution in [1.29, 1.82) is 0 Å². The van der Waals surface area contributed by atoms with E-state index in [1.54, 1.807) is 11.3 Å². The smallest absolute Gasteiger partial charge is 0.277 e. The minimum absolute atomic E-state index is 0.364. The molecule has 2 heterocycles. The van der Waals surface area contributed by atoms with E-state index in [2.05, 4.69) is 15.1 Å². The van der Waals surface area contributed by atoms with E-state index in [-0.39, 0.29) is 5.54 Å². The molecule has 2 aromatic heterocycles. The highest BCUT2D eigenvalue weighted by Gasteiger charge is 2.39. The topological polar surface area (TPSA) is 77.8 Å². The maximum Gasteiger partial charge on any atom is 0.277 e. The fourth-order valence-corrected chi connectivity index (χ4v) is 3.18. The molecular weight excluding hydrogens is 248 g/mol. The van der Waals surface area contributed by atoms with Gasteiger partial charge in [0.2, 0.25) is 0 Å². The minimum Gasteiger partial charge on any atom is -0.332 e. The van der Waals surface area contributed by atoms with Gasteiger partial charge in [0.25, 0.3) is 5.89 Å². The van der Waals surface area contributed by atoms with Gasteiger partial charge < -0.3 is 10.3 Å². The monoisotopic (exact) mass is 262 g/mol. The third kappa shape index (κ3) is 1.59. The van der Waals surface area contributed by atoms with Crippen LogP contribution in [0.2, 0.25) is 0 Å². The lowest BCUT2D eigenvalue weighted by atomic mass is 9.77. The Morgan fingerprint density at radius 1 is 1.33 bits per heavy atom. The van der Waals surface area contributed by atoms with Crippen molar-refractivity contribution in [1.82, 2.24) is 15.1 Å². The van der Waals surface area contributed by atoms with Gasteiger partial charge in [-0.15, -0.1) is 11.3 Å². The molecule has 0 saturated heterocycles. The Bertz CT molecular complexity index is 582. The summed E-state index contributed by atoms with van der Waals surface area (Å²) >= 11 is 1.68. The molecular formula is C12H14N4OS. The Balaban J connectivity index is 1.63. The molecule has 2 N–H and O–H groups in total. The fraction of sp³-hybridized carbons (Fsp3) is 0.583. The molecule has 0 radical (unpaired) electrons. The van der Waals surface area contributed by atoms with E-state index < -0.39 is 0 Å². The van der Waals surface area contributed by atoms with Crippen molar-refractivity contribution in [3.8, 4) is 11.6 Å². The van der Waals surface area contributed by atoms with E-state index in [0.717, 1.165) is 25.0 Å². The molecule has 2 aliphatic rings. The van der Waals surface area contributed by atoms with Gasteiger partial charge in [0.05, 0.1) is 10.5 Å². The van der Waals surface area contributed by atoms with Gasteiger partial charge in [-0.1, -0.05) is 5.16 Å². The minimum atomic E-state index is -0.364. The quantitative estimate of drug-likeness (QED) is 0.919. The maximum atomic E-state index is 6.18. The number of hydrogen-bond acceptors (Lipinski definition) is 6. The van der Waals surface area contributed by atoms with Gasteiger partial charge in [0.1, 0.15) is 5.69 Å². The molecule has 2 aliphatic carbocycles. The first-order valence-corrected chi connectivity index (χ1v) is 7.21. The average molecular weight is 262 g/mol. The highest BCUT2D eigenvalue weighted by atomic mass is 32.1. The highest BCUT2D eigenvalue weighted by molar-refractivity contribution is 7.10. The zero-order valence-corrected chi connectivity index (χ0v) is 10.7. The van der Waals surface area contributed by atoms with Crippen LogP contribution >= 0.6 is 11.3 Å². The number of thiazole rings is 1. The molecule has 18 heavy (non-hydrogen) atoms. The van der Waals surface area contributed by atoms with E-state index in [4.69, 9.17) is 10.3 Å². The summed E-state index contributed by atoms with van der Waals surface area (Å²) in [6.45, 7) is 0. The summed E-state index contributed by atoms with van der Waals surface area (Å²) in [7, 11) is 0. The number of nitrogens with zero attached hydrogens (tertiary/aromatic N) is 3. The van der Waals surface area contributed by atoms with Gasteiger partial charge in [0, 0.05) is 11.3 Å². The third-order valence-electron chi connectivity index (χ3n) is 3.78. The van der Waals surface area contributed by atoms with Gasteiger partial charge in [-0.05, 0) is 32.1 Å². The Morgan fingerprint density at radius 2 is 2.17 bits per heavy atom. The molecule has 2 fully saturated rings. The maximum absolute atomic E-state index is 6.18. The molecule has 2 aromatic rings. The van der Waals surface area contributed by atoms with Crippen molar-refractivity contribution in [2.24, 2.45) is 5.73 Å². The zero-order chi connectivity index (χ0) is 12.2. The third-order valence-corrected chi connectivity index (χ3v) is 4.79. The Hall–Kier alpha value is -1.27. The number of rotatable bonds is 3. The normalized spacial score (nSPS) is 21.8. The first-order valence-electron chi connectivity index (χ1n) is 6.33. The summed E-state index contributed by atoms with van der Waals surface area (Å²) in [5, 5.41) is 7.20. The lowest BCUT2D eigenvalue weighted by Gasteiger charge is -2.34. The van der Waals surface area contributed by atoms with Crippen LogP contribution < -0.4 is 5.73 Å². The summed E-state index contributed by atoms with van der Waals surface area (Å²) in [5.41, 5.74) is 6.61. The number of hydrogen-bond donors (Lipinski definition) is 1. The fourth-order valence-electron chi connectivity index (χ4n) is 2.21. The molecule has 0 aromatic carbocycles. The van der Waals surface area contributed by atoms with Crippen LogP contribution in [0.3, 0.4) is 0 Å². The molecule has 4 rings (SSSR count). The van der Waals surface area contributed by atoms with Crippen molar-refractivity contribution >= 4 is 11.3 Å². The van der Waals surface area contributed by atoms with Crippen LogP contribution in [-0.4, -0.2) is 15.1 Å². The molecule has 2 saturated carbocycles. The largest absolute Gasteiger partial charge is 0.332 e. The van der Waals surface area contributed by atoms with Gasteiger partial charge in [-0.25, -0.2) is 4.98 Å². The van der Waals surface area contributed by atoms with Crippen LogP contribution in [-0.2, 0) is 5.54 Å². The molecule has 0 atom stereocenters. The number of aromatic nitrogens is 3. The van der Waals surface area contributed by atoms with Gasteiger partial charge in [-0.3, -0.25) is 0 Å². The first-order chi connectivity index (χ1) is 8.74. The molecule has 94 valence electrons. The van der Waals surface area contributed by atoms with Crippen LogP contribution in [0, 0.1) is 0 Å². The highest BCUT2D eigenvalue weighted by Crippen LogP contribution is 2.42. The predicted molar refractivity (Wildman–Crippen MR) is 67.1 cm³/mol. The lowest BCUT2D eigenvalue weighted by molar-refractivity contribution is 0.229. The first kappa shape index (κ1) is 10.6. The molecule has 0 spiro atoms. The zero-order valence-electron chi connectivity index (χ0n) is 9.93. The molecule has 0 unspecified atom stereocenters. The lowest BCUT2D eigenvalue weighted by Crippen LogP contribution is -2.44. The van der Waals surface area contributed by atoms with E-state index in [9.17, 15) is 0 Å². The Labute approximate surface area is 108 Å². The number of nitrogens with two attached hydrogens (primary N) is 1. The van der Waals surface area contributed by atoms with Gasteiger partial charge in [-0.2, -0.15) is 4.98 Å². The molecule has 0 amide bonds. The second-order valence-electron chi connectivity index (χ2n) is 5.28. The van der Waals surface area contributed by atoms with Crippen molar-refractivity contribution < 1.29 is 4.52 Å². The second-order valence-corrected chi connectivity index (χ2v) is 6.17. The summed E-state index contributed by atoms with van der Waals surface area (Å²) in [6, 6.07) is 0. The van der Waals surface area contributed by atoms with Crippen molar-refractivity contribution in [2.45, 2.75) is 43.6 Å². The van der Waals surface area contributed by atoms with E-state index in [1.165, 1.54) is 17.8 Å². The van der Waals surface area contributed by atoms with Crippen molar-refractivity contribution in [3.05, 3.63) is 16.2 Å². The summed E-state index contributed by atoms with van der Waals surface area (Å²) in [6.07, 6.45) is 5.54. The average Bonchev–Trinajstić information content (AvgIpc) is 2.90. The van der Waals surface area contributed by atoms with Gasteiger partial charge >= 0.3 is 0 Å². The standard InChI is InChI=1S/C12H14N4OS/c13-12(4-1-5-12)11-15-9(17-16-11)8-6-18-10(14-8)7-2-3-7/h6-7H,1-5,13H2. The van der Waals surface area contributed by atoms with Crippen LogP contribution in [0.25, 0.3) is 11.6 Å². The van der Waals surface area contributed by atoms with E-state index in [1.807, 2.05) is 5.38 Å². The van der Waals surface area contributed by atoms with Crippen molar-refractivity contribution in [3.63, 3.8) is 0 Å². The Morgan fingerprint density at radius 3 is 2.83 bits per heavy atom. The van der Waals surface area contributed by atoms with Crippen LogP contribution in [0.5, 0.6) is 0 Å². The van der Waals surface area contributed by atoms with Gasteiger partial charge in [0.15, 0.2) is 5.82 Å². The predicted octanol–water partition coefficient (Wildman–Crippen LogP) is 2.41. The van der Waals surface area contributed by atoms with Crippen LogP contribution in [0.15, 0.2) is 9.90 Å². The van der Waals surface area contributed by atoms with Crippen molar-refractivity contribution in [2.75, 3.05) is 0 Å². The molecule has 5 nitrogen and oxygen atoms in total. The van der Waals surface area contributed by atoms with E-state index in [0.29, 0.717) is 17.6 Å². The van der Waals surface area contributed by atoms with E-state index >= 15 is 0 Å². The molecule has 6 heteroatoms. The molecule has 0 aliphatic heterocycles. The van der Waals surface area contributed by atoms with Crippen LogP contribution in [0.1, 0.15) is 48.9 Å². The van der Waals surface area contributed by atoms with Crippen LogP contribution in [0.4, 0.5) is 0 Å². The second kappa shape index (κ2) is 3.61. The summed E-state index contributed by atoms with van der Waals surface area (Å²) in [4.78, 5) is 8.97. The summed E-state index contributed by atoms with van der Waals surface area (Å²) in [5.74, 6) is 1.80. The Kier molecular flexibility index (Phi) is 2.14.